The molecule has 168 valence electrons. The molecular formula is C22H25Cl2N7O. The number of rotatable bonds is 2. The number of fused-ring (bicyclic) bond motifs is 4. The molecule has 0 aliphatic carbocycles. The Labute approximate surface area is 195 Å². The Bertz CT molecular complexity index is 1430. The number of nitrogens with one attached hydrogen (secondary N) is 1. The smallest absolute Gasteiger partial charge is 0.264 e. The van der Waals surface area contributed by atoms with E-state index in [0.29, 0.717) is 28.0 Å². The molecule has 2 bridgehead atoms. The summed E-state index contributed by atoms with van der Waals surface area (Å²) in [6.45, 7) is 2.10. The van der Waals surface area contributed by atoms with E-state index in [0.717, 1.165) is 41.3 Å². The Balaban J connectivity index is 0.00000216. The molecule has 5 heterocycles. The highest BCUT2D eigenvalue weighted by Gasteiger charge is 2.52. The van der Waals surface area contributed by atoms with Crippen molar-refractivity contribution in [1.82, 2.24) is 24.3 Å². The Morgan fingerprint density at radius 2 is 2.03 bits per heavy atom. The quantitative estimate of drug-likeness (QED) is 0.465. The number of benzene rings is 1. The topological polar surface area (TPSA) is 97.8 Å². The van der Waals surface area contributed by atoms with Gasteiger partial charge in [-0.1, -0.05) is 17.7 Å². The van der Waals surface area contributed by atoms with Crippen molar-refractivity contribution in [2.45, 2.75) is 43.8 Å². The van der Waals surface area contributed by atoms with Gasteiger partial charge >= 0.3 is 0 Å². The normalized spacial score (nSPS) is 24.6. The van der Waals surface area contributed by atoms with Gasteiger partial charge in [0, 0.05) is 60.6 Å². The molecule has 0 spiro atoms. The molecular weight excluding hydrogens is 449 g/mol. The first-order chi connectivity index (χ1) is 14.8. The fraction of sp³-hybridized carbons (Fsp3) is 0.409. The molecule has 0 unspecified atom stereocenters. The minimum Gasteiger partial charge on any atom is -0.345 e. The summed E-state index contributed by atoms with van der Waals surface area (Å²) in [6, 6.07) is 4.36. The first-order valence-electron chi connectivity index (χ1n) is 10.5. The number of aryl methyl sites for hydroxylation is 1. The summed E-state index contributed by atoms with van der Waals surface area (Å²) < 4.78 is 3.39. The monoisotopic (exact) mass is 473 g/mol. The lowest BCUT2D eigenvalue weighted by Gasteiger charge is -2.30. The molecule has 0 radical (unpaired) electrons. The number of hydrogen-bond donors (Lipinski definition) is 2. The van der Waals surface area contributed by atoms with Gasteiger partial charge in [-0.15, -0.1) is 12.4 Å². The van der Waals surface area contributed by atoms with Crippen molar-refractivity contribution in [3.05, 3.63) is 39.9 Å². The second kappa shape index (κ2) is 6.97. The van der Waals surface area contributed by atoms with Crippen molar-refractivity contribution in [2.24, 2.45) is 19.8 Å². The first kappa shape index (κ1) is 21.3. The van der Waals surface area contributed by atoms with E-state index < -0.39 is 0 Å². The van der Waals surface area contributed by atoms with Crippen LogP contribution < -0.4 is 16.2 Å². The van der Waals surface area contributed by atoms with Gasteiger partial charge in [0.15, 0.2) is 0 Å². The number of hydrogen-bond acceptors (Lipinski definition) is 5. The van der Waals surface area contributed by atoms with E-state index in [-0.39, 0.29) is 29.5 Å². The van der Waals surface area contributed by atoms with Crippen molar-refractivity contribution >= 4 is 51.9 Å². The van der Waals surface area contributed by atoms with Crippen LogP contribution in [0.5, 0.6) is 0 Å². The van der Waals surface area contributed by atoms with Crippen LogP contribution in [0.4, 0.5) is 5.95 Å². The van der Waals surface area contributed by atoms with Crippen molar-refractivity contribution in [2.75, 3.05) is 4.90 Å². The van der Waals surface area contributed by atoms with Crippen LogP contribution in [0.1, 0.15) is 26.2 Å². The molecule has 6 rings (SSSR count). The van der Waals surface area contributed by atoms with Crippen LogP contribution >= 0.6 is 24.0 Å². The van der Waals surface area contributed by atoms with Crippen LogP contribution in [0, 0.1) is 0 Å². The van der Waals surface area contributed by atoms with Crippen LogP contribution in [-0.2, 0) is 14.1 Å². The van der Waals surface area contributed by atoms with Gasteiger partial charge in [0.25, 0.3) is 5.56 Å². The number of nitrogens with two attached hydrogens (primary N) is 1. The molecule has 1 aromatic carbocycles. The number of H-pyrrole nitrogens is 1. The lowest BCUT2D eigenvalue weighted by molar-refractivity contribution is 0.367. The van der Waals surface area contributed by atoms with Crippen LogP contribution in [0.15, 0.2) is 29.3 Å². The zero-order chi connectivity index (χ0) is 21.7. The molecule has 2 aliphatic rings. The van der Waals surface area contributed by atoms with Crippen molar-refractivity contribution in [3.8, 4) is 11.1 Å². The van der Waals surface area contributed by atoms with Crippen molar-refractivity contribution in [1.29, 1.82) is 0 Å². The molecule has 0 amide bonds. The van der Waals surface area contributed by atoms with Gasteiger partial charge in [-0.25, -0.2) is 0 Å². The molecule has 2 fully saturated rings. The number of aromatic nitrogens is 5. The predicted octanol–water partition coefficient (Wildman–Crippen LogP) is 3.35. The van der Waals surface area contributed by atoms with E-state index in [9.17, 15) is 4.79 Å². The third-order valence-corrected chi connectivity index (χ3v) is 7.50. The van der Waals surface area contributed by atoms with E-state index in [1.807, 2.05) is 31.6 Å². The van der Waals surface area contributed by atoms with Crippen molar-refractivity contribution in [3.63, 3.8) is 0 Å². The summed E-state index contributed by atoms with van der Waals surface area (Å²) in [6.07, 6.45) is 6.74. The number of anilines is 1. The van der Waals surface area contributed by atoms with Gasteiger partial charge < -0.3 is 15.6 Å². The maximum absolute atomic E-state index is 13.5. The molecule has 3 N–H and O–H groups in total. The second-order valence-corrected chi connectivity index (χ2v) is 9.61. The van der Waals surface area contributed by atoms with Gasteiger partial charge in [0.05, 0.1) is 15.9 Å². The van der Waals surface area contributed by atoms with E-state index in [4.69, 9.17) is 22.3 Å². The molecule has 3 aromatic heterocycles. The number of nitrogens with zero attached hydrogens (tertiary/aromatic N) is 5. The summed E-state index contributed by atoms with van der Waals surface area (Å²) in [5.74, 6) is 0.682. The Morgan fingerprint density at radius 3 is 2.72 bits per heavy atom. The van der Waals surface area contributed by atoms with E-state index >= 15 is 0 Å². The fourth-order valence-corrected chi connectivity index (χ4v) is 5.97. The third-order valence-electron chi connectivity index (χ3n) is 7.09. The molecule has 10 heteroatoms. The summed E-state index contributed by atoms with van der Waals surface area (Å²) in [5.41, 5.74) is 9.12. The van der Waals surface area contributed by atoms with E-state index in [1.165, 1.54) is 0 Å². The van der Waals surface area contributed by atoms with Gasteiger partial charge in [0.1, 0.15) is 5.65 Å². The van der Waals surface area contributed by atoms with Gasteiger partial charge in [-0.3, -0.25) is 14.0 Å². The van der Waals surface area contributed by atoms with Gasteiger partial charge in [0.2, 0.25) is 5.95 Å². The van der Waals surface area contributed by atoms with E-state index in [1.54, 1.807) is 16.3 Å². The van der Waals surface area contributed by atoms with Crippen molar-refractivity contribution < 1.29 is 0 Å². The average Bonchev–Trinajstić information content (AvgIpc) is 3.45. The highest BCUT2D eigenvalue weighted by Crippen LogP contribution is 2.45. The molecule has 3 atom stereocenters. The first-order valence-corrected chi connectivity index (χ1v) is 10.9. The standard InChI is InChI=1S/C22H24ClN7O.ClH/c1-22(24)8-11-4-7-16(22)30(11)21-26-19-17(20(31)29(21)3)13(9-25-19)12-5-6-15-14(18(12)23)10-28(2)27-15;/h5-6,9-11,16,25H,4,7-8,24H2,1-3H3;1H/t11-,16+,22+;/m0./s1. The Morgan fingerprint density at radius 1 is 1.25 bits per heavy atom. The zero-order valence-corrected chi connectivity index (χ0v) is 19.7. The minimum absolute atomic E-state index is 0. The Hall–Kier alpha value is -2.55. The largest absolute Gasteiger partial charge is 0.345 e. The highest BCUT2D eigenvalue weighted by atomic mass is 35.5. The predicted molar refractivity (Wildman–Crippen MR) is 130 cm³/mol. The molecule has 32 heavy (non-hydrogen) atoms. The summed E-state index contributed by atoms with van der Waals surface area (Å²) in [7, 11) is 3.65. The number of halogens is 2. The molecule has 2 aliphatic heterocycles. The SMILES string of the molecule is Cl.Cn1cc2c(Cl)c(-c3c[nH]c4nc(N5[C@H]6CC[C@@H]5[C@](C)(N)C6)n(C)c(=O)c34)ccc2n1. The third kappa shape index (κ3) is 2.76. The number of aromatic amines is 1. The molecule has 2 saturated heterocycles. The minimum atomic E-state index is -0.261. The van der Waals surface area contributed by atoms with Crippen LogP contribution in [-0.4, -0.2) is 41.9 Å². The van der Waals surface area contributed by atoms with Gasteiger partial charge in [-0.2, -0.15) is 10.1 Å². The van der Waals surface area contributed by atoms with Crippen LogP contribution in [0.3, 0.4) is 0 Å². The van der Waals surface area contributed by atoms with Crippen LogP contribution in [0.25, 0.3) is 33.1 Å². The maximum Gasteiger partial charge on any atom is 0.264 e. The summed E-state index contributed by atoms with van der Waals surface area (Å²) in [5, 5.41) is 6.38. The highest BCUT2D eigenvalue weighted by molar-refractivity contribution is 6.38. The Kier molecular flexibility index (Phi) is 4.64. The zero-order valence-electron chi connectivity index (χ0n) is 18.1. The fourth-order valence-electron chi connectivity index (χ4n) is 5.66. The molecule has 4 aromatic rings. The summed E-state index contributed by atoms with van der Waals surface area (Å²) in [4.78, 5) is 23.9. The van der Waals surface area contributed by atoms with Crippen LogP contribution in [0.2, 0.25) is 5.02 Å². The maximum atomic E-state index is 13.5. The lowest BCUT2D eigenvalue weighted by Crippen LogP contribution is -2.49. The summed E-state index contributed by atoms with van der Waals surface area (Å²) >= 11 is 6.73. The molecule has 8 nitrogen and oxygen atoms in total. The second-order valence-electron chi connectivity index (χ2n) is 9.23. The lowest BCUT2D eigenvalue weighted by atomic mass is 9.84. The average molecular weight is 474 g/mol. The van der Waals surface area contributed by atoms with Gasteiger partial charge in [-0.05, 0) is 32.3 Å². The molecule has 0 saturated carbocycles. The van der Waals surface area contributed by atoms with E-state index in [2.05, 4.69) is 21.9 Å².